The summed E-state index contributed by atoms with van der Waals surface area (Å²) in [5.41, 5.74) is 9.07. The smallest absolute Gasteiger partial charge is 0.341 e. The molecule has 7 nitrogen and oxygen atoms in total. The molecule has 31 heavy (non-hydrogen) atoms. The fourth-order valence-electron chi connectivity index (χ4n) is 2.91. The lowest BCUT2D eigenvalue weighted by molar-refractivity contribution is 0.0597. The van der Waals surface area contributed by atoms with Crippen LogP contribution in [0.15, 0.2) is 48.7 Å². The van der Waals surface area contributed by atoms with Crippen molar-refractivity contribution in [2.45, 2.75) is 26.6 Å². The zero-order chi connectivity index (χ0) is 22.5. The van der Waals surface area contributed by atoms with Gasteiger partial charge in [-0.15, -0.1) is 0 Å². The second kappa shape index (κ2) is 9.57. The van der Waals surface area contributed by atoms with E-state index in [1.165, 1.54) is 19.2 Å². The van der Waals surface area contributed by atoms with Gasteiger partial charge in [0.15, 0.2) is 0 Å². The summed E-state index contributed by atoms with van der Waals surface area (Å²) in [6, 6.07) is 11.6. The largest absolute Gasteiger partial charge is 0.507 e. The Bertz CT molecular complexity index is 1100. The number of halogens is 1. The van der Waals surface area contributed by atoms with Crippen molar-refractivity contribution in [1.29, 1.82) is 0 Å². The topological polar surface area (TPSA) is 104 Å². The maximum absolute atomic E-state index is 11.7. The molecule has 0 spiro atoms. The summed E-state index contributed by atoms with van der Waals surface area (Å²) in [7, 11) is 1.24. The van der Waals surface area contributed by atoms with Gasteiger partial charge in [-0.3, -0.25) is 0 Å². The molecule has 2 aromatic carbocycles. The van der Waals surface area contributed by atoms with E-state index >= 15 is 0 Å². The number of nitrogens with zero attached hydrogens (tertiary/aromatic N) is 1. The molecule has 3 rings (SSSR count). The zero-order valence-corrected chi connectivity index (χ0v) is 18.1. The number of pyridine rings is 1. The molecule has 0 aliphatic heterocycles. The number of hydrogen-bond donors (Lipinski definition) is 2. The van der Waals surface area contributed by atoms with Crippen molar-refractivity contribution in [2.75, 3.05) is 12.8 Å². The minimum Gasteiger partial charge on any atom is -0.507 e. The number of esters is 1. The van der Waals surface area contributed by atoms with E-state index in [2.05, 4.69) is 9.72 Å². The minimum atomic E-state index is -0.650. The number of nitrogen functional groups attached to an aromatic ring is 1. The van der Waals surface area contributed by atoms with Crippen LogP contribution in [0.25, 0.3) is 11.1 Å². The van der Waals surface area contributed by atoms with Crippen LogP contribution in [0.5, 0.6) is 17.4 Å². The highest BCUT2D eigenvalue weighted by Crippen LogP contribution is 2.31. The standard InChI is InChI=1S/C23H23ClN2O5/c1-13(2)31-22-20(24)9-16(11-26-22)15-6-14(7-17(25)8-15)12-30-18-4-5-21(27)19(10-18)23(28)29-3/h4-11,13,27H,12,25H2,1-3H3. The number of carbonyl (C=O) groups excluding carboxylic acids is 1. The fraction of sp³-hybridized carbons (Fsp3) is 0.217. The van der Waals surface area contributed by atoms with Crippen molar-refractivity contribution in [2.24, 2.45) is 0 Å². The van der Waals surface area contributed by atoms with E-state index in [-0.39, 0.29) is 24.0 Å². The molecular formula is C23H23ClN2O5. The molecule has 1 heterocycles. The molecule has 3 N–H and O–H groups in total. The maximum Gasteiger partial charge on any atom is 0.341 e. The van der Waals surface area contributed by atoms with Crippen LogP contribution >= 0.6 is 11.6 Å². The first-order valence-corrected chi connectivity index (χ1v) is 9.90. The van der Waals surface area contributed by atoms with E-state index in [0.717, 1.165) is 16.7 Å². The molecule has 0 fully saturated rings. The molecule has 162 valence electrons. The zero-order valence-electron chi connectivity index (χ0n) is 17.4. The van der Waals surface area contributed by atoms with Gasteiger partial charge in [0.1, 0.15) is 28.7 Å². The number of phenols is 1. The predicted octanol–water partition coefficient (Wildman–Crippen LogP) is 4.84. The number of rotatable bonds is 7. The number of hydrogen-bond acceptors (Lipinski definition) is 7. The third-order valence-corrected chi connectivity index (χ3v) is 4.55. The molecule has 0 aliphatic rings. The second-order valence-electron chi connectivity index (χ2n) is 7.10. The van der Waals surface area contributed by atoms with Crippen LogP contribution in [-0.4, -0.2) is 29.3 Å². The van der Waals surface area contributed by atoms with Gasteiger partial charge < -0.3 is 25.1 Å². The minimum absolute atomic E-state index is 0.0256. The highest BCUT2D eigenvalue weighted by atomic mass is 35.5. The van der Waals surface area contributed by atoms with E-state index in [1.54, 1.807) is 24.4 Å². The van der Waals surface area contributed by atoms with Gasteiger partial charge in [0, 0.05) is 17.4 Å². The number of aromatic hydroxyl groups is 1. The number of aromatic nitrogens is 1. The summed E-state index contributed by atoms with van der Waals surface area (Å²) in [6.45, 7) is 4.00. The number of nitrogens with two attached hydrogens (primary N) is 1. The SMILES string of the molecule is COC(=O)c1cc(OCc2cc(N)cc(-c3cnc(OC(C)C)c(Cl)c3)c2)ccc1O. The quantitative estimate of drug-likeness (QED) is 0.398. The average molecular weight is 443 g/mol. The van der Waals surface area contributed by atoms with Gasteiger partial charge in [0.25, 0.3) is 0 Å². The summed E-state index contributed by atoms with van der Waals surface area (Å²) in [6.07, 6.45) is 1.64. The lowest BCUT2D eigenvalue weighted by Crippen LogP contribution is -2.07. The third kappa shape index (κ3) is 5.58. The number of methoxy groups -OCH3 is 1. The van der Waals surface area contributed by atoms with Gasteiger partial charge >= 0.3 is 5.97 Å². The highest BCUT2D eigenvalue weighted by Gasteiger charge is 2.13. The van der Waals surface area contributed by atoms with Crippen LogP contribution in [0.4, 0.5) is 5.69 Å². The van der Waals surface area contributed by atoms with Crippen molar-refractivity contribution in [1.82, 2.24) is 4.98 Å². The van der Waals surface area contributed by atoms with Crippen LogP contribution in [0.3, 0.4) is 0 Å². The summed E-state index contributed by atoms with van der Waals surface area (Å²) in [4.78, 5) is 16.0. The second-order valence-corrected chi connectivity index (χ2v) is 7.51. The molecule has 0 saturated heterocycles. The molecule has 0 saturated carbocycles. The molecular weight excluding hydrogens is 420 g/mol. The Hall–Kier alpha value is -3.45. The van der Waals surface area contributed by atoms with Crippen LogP contribution in [-0.2, 0) is 11.3 Å². The van der Waals surface area contributed by atoms with E-state index in [0.29, 0.717) is 22.3 Å². The van der Waals surface area contributed by atoms with Crippen LogP contribution in [0.2, 0.25) is 5.02 Å². The first kappa shape index (κ1) is 22.2. The van der Waals surface area contributed by atoms with Gasteiger partial charge in [0.2, 0.25) is 5.88 Å². The van der Waals surface area contributed by atoms with Gasteiger partial charge in [0.05, 0.1) is 13.2 Å². The molecule has 0 bridgehead atoms. The first-order valence-electron chi connectivity index (χ1n) is 9.53. The molecule has 3 aromatic rings. The monoisotopic (exact) mass is 442 g/mol. The van der Waals surface area contributed by atoms with E-state index in [1.807, 2.05) is 26.0 Å². The Kier molecular flexibility index (Phi) is 6.87. The lowest BCUT2D eigenvalue weighted by Gasteiger charge is -2.13. The van der Waals surface area contributed by atoms with E-state index in [9.17, 15) is 9.90 Å². The van der Waals surface area contributed by atoms with Crippen LogP contribution < -0.4 is 15.2 Å². The van der Waals surface area contributed by atoms with Crippen molar-refractivity contribution < 1.29 is 24.1 Å². The molecule has 0 unspecified atom stereocenters. The molecule has 0 atom stereocenters. The number of phenolic OH excluding ortho intramolecular Hbond substituents is 1. The number of anilines is 1. The lowest BCUT2D eigenvalue weighted by atomic mass is 10.0. The normalized spacial score (nSPS) is 10.7. The van der Waals surface area contributed by atoms with Crippen LogP contribution in [0, 0.1) is 0 Å². The highest BCUT2D eigenvalue weighted by molar-refractivity contribution is 6.32. The predicted molar refractivity (Wildman–Crippen MR) is 119 cm³/mol. The first-order chi connectivity index (χ1) is 14.8. The van der Waals surface area contributed by atoms with Crippen molar-refractivity contribution in [3.63, 3.8) is 0 Å². The molecule has 8 heteroatoms. The summed E-state index contributed by atoms with van der Waals surface area (Å²) >= 11 is 6.31. The van der Waals surface area contributed by atoms with Gasteiger partial charge in [-0.05, 0) is 67.4 Å². The third-order valence-electron chi connectivity index (χ3n) is 4.28. The average Bonchev–Trinajstić information content (AvgIpc) is 2.73. The Morgan fingerprint density at radius 1 is 1.16 bits per heavy atom. The van der Waals surface area contributed by atoms with E-state index in [4.69, 9.17) is 26.8 Å². The number of benzene rings is 2. The summed E-state index contributed by atoms with van der Waals surface area (Å²) in [5.74, 6) is -0.0492. The van der Waals surface area contributed by atoms with Crippen molar-refractivity contribution in [3.05, 3.63) is 64.8 Å². The maximum atomic E-state index is 11.7. The Labute approximate surface area is 185 Å². The summed E-state index contributed by atoms with van der Waals surface area (Å²) in [5, 5.41) is 10.2. The van der Waals surface area contributed by atoms with Crippen molar-refractivity contribution in [3.8, 4) is 28.5 Å². The van der Waals surface area contributed by atoms with Gasteiger partial charge in [-0.2, -0.15) is 0 Å². The van der Waals surface area contributed by atoms with Gasteiger partial charge in [-0.25, -0.2) is 9.78 Å². The molecule has 0 radical (unpaired) electrons. The summed E-state index contributed by atoms with van der Waals surface area (Å²) < 4.78 is 16.0. The molecule has 0 aliphatic carbocycles. The Morgan fingerprint density at radius 3 is 2.61 bits per heavy atom. The Morgan fingerprint density at radius 2 is 1.94 bits per heavy atom. The number of ether oxygens (including phenoxy) is 3. The van der Waals surface area contributed by atoms with E-state index < -0.39 is 5.97 Å². The molecule has 1 aromatic heterocycles. The van der Waals surface area contributed by atoms with Gasteiger partial charge in [-0.1, -0.05) is 11.6 Å². The fourth-order valence-corrected chi connectivity index (χ4v) is 3.12. The molecule has 0 amide bonds. The van der Waals surface area contributed by atoms with Crippen LogP contribution in [0.1, 0.15) is 29.8 Å². The van der Waals surface area contributed by atoms with Crippen molar-refractivity contribution >= 4 is 23.3 Å². The Balaban J connectivity index is 1.81. The number of carbonyl (C=O) groups is 1.